The topological polar surface area (TPSA) is 67.2 Å². The number of amides is 1. The molecular formula is C12H19N3OS. The standard InChI is InChI=1S/C12H19N3OS/c1-8-4-5-11(15-13)10(6-8)12(16)14-7-9(2)17-3/h4-6,9,15H,7,13H2,1-3H3,(H,14,16). The highest BCUT2D eigenvalue weighted by molar-refractivity contribution is 7.99. The Morgan fingerprint density at radius 3 is 2.82 bits per heavy atom. The number of rotatable bonds is 5. The highest BCUT2D eigenvalue weighted by Crippen LogP contribution is 2.16. The van der Waals surface area contributed by atoms with Gasteiger partial charge in [-0.05, 0) is 25.3 Å². The maximum Gasteiger partial charge on any atom is 0.253 e. The first-order valence-corrected chi connectivity index (χ1v) is 6.75. The van der Waals surface area contributed by atoms with Gasteiger partial charge in [-0.2, -0.15) is 11.8 Å². The number of thioether (sulfide) groups is 1. The van der Waals surface area contributed by atoms with E-state index >= 15 is 0 Å². The number of hydrazine groups is 1. The van der Waals surface area contributed by atoms with Gasteiger partial charge in [-0.1, -0.05) is 18.6 Å². The van der Waals surface area contributed by atoms with Crippen LogP contribution in [0.3, 0.4) is 0 Å². The summed E-state index contributed by atoms with van der Waals surface area (Å²) in [6, 6.07) is 5.55. The van der Waals surface area contributed by atoms with E-state index in [9.17, 15) is 4.79 Å². The van der Waals surface area contributed by atoms with E-state index < -0.39 is 0 Å². The molecule has 0 radical (unpaired) electrons. The highest BCUT2D eigenvalue weighted by Gasteiger charge is 2.11. The summed E-state index contributed by atoms with van der Waals surface area (Å²) in [5, 5.41) is 3.30. The summed E-state index contributed by atoms with van der Waals surface area (Å²) in [4.78, 5) is 12.0. The molecule has 0 aliphatic heterocycles. The monoisotopic (exact) mass is 253 g/mol. The van der Waals surface area contributed by atoms with Crippen LogP contribution in [0.4, 0.5) is 5.69 Å². The summed E-state index contributed by atoms with van der Waals surface area (Å²) in [6.45, 7) is 4.67. The summed E-state index contributed by atoms with van der Waals surface area (Å²) in [6.07, 6.45) is 2.02. The molecule has 0 fully saturated rings. The summed E-state index contributed by atoms with van der Waals surface area (Å²) in [5.74, 6) is 5.29. The Kier molecular flexibility index (Phi) is 5.31. The number of benzene rings is 1. The van der Waals surface area contributed by atoms with E-state index in [0.717, 1.165) is 5.56 Å². The summed E-state index contributed by atoms with van der Waals surface area (Å²) < 4.78 is 0. The Morgan fingerprint density at radius 2 is 2.24 bits per heavy atom. The van der Waals surface area contributed by atoms with Crippen molar-refractivity contribution in [2.24, 2.45) is 5.84 Å². The molecule has 0 spiro atoms. The van der Waals surface area contributed by atoms with Crippen molar-refractivity contribution in [1.29, 1.82) is 0 Å². The zero-order valence-electron chi connectivity index (χ0n) is 10.4. The number of hydrogen-bond donors (Lipinski definition) is 3. The van der Waals surface area contributed by atoms with Crippen LogP contribution < -0.4 is 16.6 Å². The van der Waals surface area contributed by atoms with Crippen LogP contribution in [0.2, 0.25) is 0 Å². The molecule has 0 bridgehead atoms. The van der Waals surface area contributed by atoms with Gasteiger partial charge in [0, 0.05) is 11.8 Å². The molecule has 4 nitrogen and oxygen atoms in total. The quantitative estimate of drug-likeness (QED) is 0.552. The van der Waals surface area contributed by atoms with Gasteiger partial charge in [-0.15, -0.1) is 0 Å². The van der Waals surface area contributed by atoms with Crippen LogP contribution in [0.25, 0.3) is 0 Å². The Balaban J connectivity index is 2.77. The third-order valence-electron chi connectivity index (χ3n) is 2.53. The summed E-state index contributed by atoms with van der Waals surface area (Å²) >= 11 is 1.72. The van der Waals surface area contributed by atoms with Gasteiger partial charge in [0.25, 0.3) is 5.91 Å². The SMILES string of the molecule is CSC(C)CNC(=O)c1cc(C)ccc1NN. The zero-order chi connectivity index (χ0) is 12.8. The smallest absolute Gasteiger partial charge is 0.253 e. The second-order valence-electron chi connectivity index (χ2n) is 3.95. The average molecular weight is 253 g/mol. The maximum absolute atomic E-state index is 12.0. The van der Waals surface area contributed by atoms with Crippen molar-refractivity contribution in [2.75, 3.05) is 18.2 Å². The molecule has 0 heterocycles. The predicted octanol–water partition coefficient (Wildman–Crippen LogP) is 1.76. The van der Waals surface area contributed by atoms with Crippen LogP contribution in [0, 0.1) is 6.92 Å². The molecule has 1 aromatic carbocycles. The average Bonchev–Trinajstić information content (AvgIpc) is 2.35. The lowest BCUT2D eigenvalue weighted by Gasteiger charge is -2.12. The summed E-state index contributed by atoms with van der Waals surface area (Å²) in [5.41, 5.74) is 4.80. The lowest BCUT2D eigenvalue weighted by atomic mass is 10.1. The van der Waals surface area contributed by atoms with Crippen molar-refractivity contribution < 1.29 is 4.79 Å². The number of nitrogen functional groups attached to an aromatic ring is 1. The number of aryl methyl sites for hydroxylation is 1. The number of carbonyl (C=O) groups excluding carboxylic acids is 1. The van der Waals surface area contributed by atoms with E-state index in [0.29, 0.717) is 23.0 Å². The van der Waals surface area contributed by atoms with Gasteiger partial charge in [-0.3, -0.25) is 10.6 Å². The molecule has 5 heteroatoms. The van der Waals surface area contributed by atoms with E-state index in [4.69, 9.17) is 5.84 Å². The molecule has 1 atom stereocenters. The van der Waals surface area contributed by atoms with Crippen LogP contribution in [-0.2, 0) is 0 Å². The number of anilines is 1. The van der Waals surface area contributed by atoms with Gasteiger partial charge in [-0.25, -0.2) is 0 Å². The minimum Gasteiger partial charge on any atom is -0.351 e. The van der Waals surface area contributed by atoms with Crippen molar-refractivity contribution in [2.45, 2.75) is 19.1 Å². The lowest BCUT2D eigenvalue weighted by molar-refractivity contribution is 0.0955. The second-order valence-corrected chi connectivity index (χ2v) is 5.23. The van der Waals surface area contributed by atoms with Gasteiger partial charge in [0.1, 0.15) is 0 Å². The first-order chi connectivity index (χ1) is 8.08. The van der Waals surface area contributed by atoms with Crippen molar-refractivity contribution in [3.8, 4) is 0 Å². The Morgan fingerprint density at radius 1 is 1.53 bits per heavy atom. The van der Waals surface area contributed by atoms with E-state index in [1.165, 1.54) is 0 Å². The zero-order valence-corrected chi connectivity index (χ0v) is 11.2. The molecule has 0 saturated carbocycles. The number of nitrogens with two attached hydrogens (primary N) is 1. The highest BCUT2D eigenvalue weighted by atomic mass is 32.2. The molecule has 4 N–H and O–H groups in total. The molecule has 1 rings (SSSR count). The first-order valence-electron chi connectivity index (χ1n) is 5.46. The van der Waals surface area contributed by atoms with Crippen LogP contribution in [-0.4, -0.2) is 24.0 Å². The summed E-state index contributed by atoms with van der Waals surface area (Å²) in [7, 11) is 0. The van der Waals surface area contributed by atoms with E-state index in [1.807, 2.05) is 31.4 Å². The fourth-order valence-corrected chi connectivity index (χ4v) is 1.64. The van der Waals surface area contributed by atoms with Crippen LogP contribution in [0.1, 0.15) is 22.8 Å². The van der Waals surface area contributed by atoms with Gasteiger partial charge in [0.15, 0.2) is 0 Å². The van der Waals surface area contributed by atoms with Gasteiger partial charge >= 0.3 is 0 Å². The van der Waals surface area contributed by atoms with E-state index in [1.54, 1.807) is 11.8 Å². The normalized spacial score (nSPS) is 12.0. The third kappa shape index (κ3) is 3.94. The lowest BCUT2D eigenvalue weighted by Crippen LogP contribution is -2.30. The molecule has 17 heavy (non-hydrogen) atoms. The molecule has 1 aromatic rings. The molecule has 1 amide bonds. The van der Waals surface area contributed by atoms with Gasteiger partial charge < -0.3 is 10.7 Å². The third-order valence-corrected chi connectivity index (χ3v) is 3.50. The second kappa shape index (κ2) is 6.51. The van der Waals surface area contributed by atoms with Crippen LogP contribution in [0.15, 0.2) is 18.2 Å². The number of hydrogen-bond acceptors (Lipinski definition) is 4. The van der Waals surface area contributed by atoms with E-state index in [-0.39, 0.29) is 5.91 Å². The maximum atomic E-state index is 12.0. The minimum absolute atomic E-state index is 0.0949. The van der Waals surface area contributed by atoms with E-state index in [2.05, 4.69) is 17.7 Å². The minimum atomic E-state index is -0.0949. The molecule has 1 unspecified atom stereocenters. The fourth-order valence-electron chi connectivity index (χ4n) is 1.39. The first kappa shape index (κ1) is 13.9. The van der Waals surface area contributed by atoms with Crippen molar-refractivity contribution in [3.05, 3.63) is 29.3 Å². The van der Waals surface area contributed by atoms with Crippen molar-refractivity contribution in [1.82, 2.24) is 5.32 Å². The van der Waals surface area contributed by atoms with Crippen LogP contribution in [0.5, 0.6) is 0 Å². The predicted molar refractivity (Wildman–Crippen MR) is 74.3 cm³/mol. The molecule has 0 aromatic heterocycles. The number of carbonyl (C=O) groups is 1. The molecular weight excluding hydrogens is 234 g/mol. The molecule has 0 saturated heterocycles. The van der Waals surface area contributed by atoms with Crippen LogP contribution >= 0.6 is 11.8 Å². The van der Waals surface area contributed by atoms with Crippen molar-refractivity contribution in [3.63, 3.8) is 0 Å². The van der Waals surface area contributed by atoms with Crippen molar-refractivity contribution >= 4 is 23.4 Å². The Hall–Kier alpha value is -1.20. The Bertz CT molecular complexity index is 395. The van der Waals surface area contributed by atoms with Gasteiger partial charge in [0.2, 0.25) is 0 Å². The fraction of sp³-hybridized carbons (Fsp3) is 0.417. The molecule has 94 valence electrons. The Labute approximate surface area is 106 Å². The molecule has 0 aliphatic carbocycles. The van der Waals surface area contributed by atoms with Gasteiger partial charge in [0.05, 0.1) is 11.3 Å². The number of nitrogens with one attached hydrogen (secondary N) is 2. The molecule has 0 aliphatic rings. The largest absolute Gasteiger partial charge is 0.351 e.